The van der Waals surface area contributed by atoms with E-state index >= 15 is 0 Å². The van der Waals surface area contributed by atoms with Crippen molar-refractivity contribution < 1.29 is 14.6 Å². The van der Waals surface area contributed by atoms with Crippen LogP contribution in [-0.4, -0.2) is 34.0 Å². The van der Waals surface area contributed by atoms with E-state index in [0.29, 0.717) is 17.8 Å². The molecule has 0 aliphatic carbocycles. The number of rotatable bonds is 5. The number of nitrogens with zero attached hydrogens (tertiary/aromatic N) is 2. The van der Waals surface area contributed by atoms with Crippen molar-refractivity contribution in [3.63, 3.8) is 0 Å². The van der Waals surface area contributed by atoms with Gasteiger partial charge in [-0.15, -0.1) is 0 Å². The van der Waals surface area contributed by atoms with Crippen LogP contribution in [0.4, 0.5) is 5.69 Å². The molecule has 1 aromatic carbocycles. The van der Waals surface area contributed by atoms with Crippen LogP contribution >= 0.6 is 12.2 Å². The number of benzene rings is 1. The summed E-state index contributed by atoms with van der Waals surface area (Å²) in [6, 6.07) is 6.34. The summed E-state index contributed by atoms with van der Waals surface area (Å²) >= 11 is 5.04. The number of aliphatic imine (C=N–C) groups is 1. The second-order valence-electron chi connectivity index (χ2n) is 4.94. The second-order valence-corrected chi connectivity index (χ2v) is 5.33. The van der Waals surface area contributed by atoms with E-state index in [9.17, 15) is 14.7 Å². The van der Waals surface area contributed by atoms with Crippen molar-refractivity contribution in [2.75, 3.05) is 7.11 Å². The van der Waals surface area contributed by atoms with Gasteiger partial charge in [0.25, 0.3) is 5.56 Å². The zero-order valence-corrected chi connectivity index (χ0v) is 14.1. The Bertz CT molecular complexity index is 882. The first-order valence-corrected chi connectivity index (χ1v) is 7.67. The highest BCUT2D eigenvalue weighted by atomic mass is 32.1. The summed E-state index contributed by atoms with van der Waals surface area (Å²) in [5, 5.41) is 10.2. The summed E-state index contributed by atoms with van der Waals surface area (Å²) in [6.45, 7) is 2.42. The topological polar surface area (TPSA) is 96.7 Å². The van der Waals surface area contributed by atoms with Crippen LogP contribution in [0, 0.1) is 4.77 Å². The first-order valence-electron chi connectivity index (χ1n) is 7.26. The molecule has 8 heteroatoms. The number of aromatic nitrogens is 2. The summed E-state index contributed by atoms with van der Waals surface area (Å²) in [6.07, 6.45) is 2.02. The molecule has 2 N–H and O–H groups in total. The van der Waals surface area contributed by atoms with Crippen LogP contribution in [0.25, 0.3) is 0 Å². The van der Waals surface area contributed by atoms with Crippen LogP contribution in [0.15, 0.2) is 34.1 Å². The number of carbonyl (C=O) groups excluding carboxylic acids is 1. The van der Waals surface area contributed by atoms with Crippen molar-refractivity contribution in [1.82, 2.24) is 9.55 Å². The highest BCUT2D eigenvalue weighted by Crippen LogP contribution is 2.16. The lowest BCUT2D eigenvalue weighted by atomic mass is 10.2. The maximum Gasteiger partial charge on any atom is 0.337 e. The van der Waals surface area contributed by atoms with Crippen molar-refractivity contribution >= 4 is 30.1 Å². The van der Waals surface area contributed by atoms with Gasteiger partial charge < -0.3 is 9.84 Å². The Balaban J connectivity index is 2.35. The van der Waals surface area contributed by atoms with Gasteiger partial charge >= 0.3 is 5.97 Å². The number of H-pyrrole nitrogens is 1. The maximum atomic E-state index is 12.0. The molecule has 0 unspecified atom stereocenters. The summed E-state index contributed by atoms with van der Waals surface area (Å²) in [4.78, 5) is 30.0. The van der Waals surface area contributed by atoms with Crippen LogP contribution in [-0.2, 0) is 11.3 Å². The van der Waals surface area contributed by atoms with Gasteiger partial charge in [-0.1, -0.05) is 6.92 Å². The minimum absolute atomic E-state index is 0.0223. The van der Waals surface area contributed by atoms with Gasteiger partial charge in [0.15, 0.2) is 4.77 Å². The predicted octanol–water partition coefficient (Wildman–Crippen LogP) is 2.56. The van der Waals surface area contributed by atoms with Gasteiger partial charge in [0.05, 0.1) is 18.4 Å². The van der Waals surface area contributed by atoms with Gasteiger partial charge in [-0.05, 0) is 42.9 Å². The molecular formula is C16H17N3O4S. The van der Waals surface area contributed by atoms with E-state index in [1.165, 1.54) is 17.9 Å². The summed E-state index contributed by atoms with van der Waals surface area (Å²) in [5.41, 5.74) is 0.424. The number of methoxy groups -OCH3 is 1. The first-order chi connectivity index (χ1) is 11.5. The van der Waals surface area contributed by atoms with Gasteiger partial charge in [-0.2, -0.15) is 0 Å². The van der Waals surface area contributed by atoms with E-state index in [1.807, 2.05) is 6.92 Å². The average molecular weight is 347 g/mol. The SMILES string of the molecule is CCCn1c(O)c(C=Nc2ccc(C(=O)OC)cc2)c(=O)[nH]c1=S. The number of aromatic amines is 1. The number of hydrogen-bond donors (Lipinski definition) is 2. The zero-order chi connectivity index (χ0) is 17.7. The third-order valence-corrected chi connectivity index (χ3v) is 3.61. The fourth-order valence-corrected chi connectivity index (χ4v) is 2.33. The largest absolute Gasteiger partial charge is 0.494 e. The Labute approximate surface area is 143 Å². The van der Waals surface area contributed by atoms with Crippen molar-refractivity contribution in [1.29, 1.82) is 0 Å². The highest BCUT2D eigenvalue weighted by Gasteiger charge is 2.10. The van der Waals surface area contributed by atoms with E-state index < -0.39 is 11.5 Å². The number of nitrogens with one attached hydrogen (secondary N) is 1. The molecule has 0 fully saturated rings. The third kappa shape index (κ3) is 3.77. The molecule has 24 heavy (non-hydrogen) atoms. The fourth-order valence-electron chi connectivity index (χ4n) is 2.06. The molecular weight excluding hydrogens is 330 g/mol. The Morgan fingerprint density at radius 3 is 2.67 bits per heavy atom. The smallest absolute Gasteiger partial charge is 0.337 e. The van der Waals surface area contributed by atoms with Crippen LogP contribution in [0.1, 0.15) is 29.3 Å². The molecule has 0 aliphatic heterocycles. The monoisotopic (exact) mass is 347 g/mol. The van der Waals surface area contributed by atoms with Crippen molar-refractivity contribution in [2.45, 2.75) is 19.9 Å². The molecule has 1 aromatic heterocycles. The van der Waals surface area contributed by atoms with E-state index in [-0.39, 0.29) is 16.2 Å². The van der Waals surface area contributed by atoms with Crippen LogP contribution in [0.2, 0.25) is 0 Å². The molecule has 2 rings (SSSR count). The van der Waals surface area contributed by atoms with Gasteiger partial charge in [-0.3, -0.25) is 19.3 Å². The lowest BCUT2D eigenvalue weighted by Crippen LogP contribution is -2.18. The van der Waals surface area contributed by atoms with Gasteiger partial charge in [0, 0.05) is 12.8 Å². The maximum absolute atomic E-state index is 12.0. The molecule has 0 aliphatic rings. The molecule has 126 valence electrons. The number of aromatic hydroxyl groups is 1. The number of esters is 1. The zero-order valence-electron chi connectivity index (χ0n) is 13.3. The Morgan fingerprint density at radius 2 is 2.08 bits per heavy atom. The number of carbonyl (C=O) groups is 1. The summed E-state index contributed by atoms with van der Waals surface area (Å²) in [7, 11) is 1.30. The van der Waals surface area contributed by atoms with Crippen LogP contribution in [0.3, 0.4) is 0 Å². The lowest BCUT2D eigenvalue weighted by molar-refractivity contribution is 0.0601. The third-order valence-electron chi connectivity index (χ3n) is 3.29. The van der Waals surface area contributed by atoms with Gasteiger partial charge in [-0.25, -0.2) is 4.79 Å². The van der Waals surface area contributed by atoms with Crippen LogP contribution < -0.4 is 5.56 Å². The predicted molar refractivity (Wildman–Crippen MR) is 92.9 cm³/mol. The van der Waals surface area contributed by atoms with E-state index in [0.717, 1.165) is 6.42 Å². The summed E-state index contributed by atoms with van der Waals surface area (Å²) < 4.78 is 6.22. The van der Waals surface area contributed by atoms with Gasteiger partial charge in [0.2, 0.25) is 5.88 Å². The highest BCUT2D eigenvalue weighted by molar-refractivity contribution is 7.71. The molecule has 1 heterocycles. The molecule has 0 radical (unpaired) electrons. The minimum atomic E-state index is -0.514. The lowest BCUT2D eigenvalue weighted by Gasteiger charge is -2.09. The van der Waals surface area contributed by atoms with Crippen molar-refractivity contribution in [3.8, 4) is 5.88 Å². The quantitative estimate of drug-likeness (QED) is 0.492. The Hall–Kier alpha value is -2.74. The van der Waals surface area contributed by atoms with E-state index in [2.05, 4.69) is 14.7 Å². The molecule has 7 nitrogen and oxygen atoms in total. The van der Waals surface area contributed by atoms with E-state index in [1.54, 1.807) is 24.3 Å². The average Bonchev–Trinajstić information content (AvgIpc) is 2.58. The van der Waals surface area contributed by atoms with Gasteiger partial charge in [0.1, 0.15) is 5.56 Å². The second kappa shape index (κ2) is 7.69. The molecule has 0 amide bonds. The van der Waals surface area contributed by atoms with Crippen molar-refractivity contribution in [2.24, 2.45) is 4.99 Å². The normalized spacial score (nSPS) is 10.9. The van der Waals surface area contributed by atoms with E-state index in [4.69, 9.17) is 12.2 Å². The van der Waals surface area contributed by atoms with Crippen molar-refractivity contribution in [3.05, 3.63) is 50.5 Å². The van der Waals surface area contributed by atoms with Crippen LogP contribution in [0.5, 0.6) is 5.88 Å². The number of hydrogen-bond acceptors (Lipinski definition) is 6. The molecule has 0 saturated heterocycles. The Morgan fingerprint density at radius 1 is 1.42 bits per heavy atom. The summed E-state index contributed by atoms with van der Waals surface area (Å²) in [5.74, 6) is -0.665. The fraction of sp³-hybridized carbons (Fsp3) is 0.250. The number of ether oxygens (including phenoxy) is 1. The Kier molecular flexibility index (Phi) is 5.64. The molecule has 0 atom stereocenters. The standard InChI is InChI=1S/C16H17N3O4S/c1-3-8-19-14(21)12(13(20)18-16(19)24)9-17-11-6-4-10(5-7-11)15(22)23-2/h4-7,9,21H,3,8H2,1-2H3,(H,18,20,24). The molecule has 2 aromatic rings. The first kappa shape index (κ1) is 17.6. The molecule has 0 saturated carbocycles. The molecule has 0 spiro atoms. The minimum Gasteiger partial charge on any atom is -0.494 e. The molecule has 0 bridgehead atoms.